The summed E-state index contributed by atoms with van der Waals surface area (Å²) in [6, 6.07) is 12.0. The monoisotopic (exact) mass is 369 g/mol. The maximum Gasteiger partial charge on any atom is 0.339 e. The summed E-state index contributed by atoms with van der Waals surface area (Å²) in [6.45, 7) is 0.382. The van der Waals surface area contributed by atoms with Gasteiger partial charge in [-0.15, -0.1) is 0 Å². The van der Waals surface area contributed by atoms with Gasteiger partial charge in [-0.25, -0.2) is 4.79 Å². The predicted octanol–water partition coefficient (Wildman–Crippen LogP) is 3.92. The fourth-order valence-electron chi connectivity index (χ4n) is 1.60. The van der Waals surface area contributed by atoms with Crippen molar-refractivity contribution >= 4 is 39.2 Å². The third-order valence-corrected chi connectivity index (χ3v) is 3.47. The van der Waals surface area contributed by atoms with E-state index in [1.54, 1.807) is 12.1 Å². The Bertz CT molecular complexity index is 631. The molecule has 0 aliphatic heterocycles. The van der Waals surface area contributed by atoms with E-state index in [0.717, 1.165) is 4.47 Å². The maximum absolute atomic E-state index is 11.8. The summed E-state index contributed by atoms with van der Waals surface area (Å²) in [6.07, 6.45) is 0. The number of hydrogen-bond donors (Lipinski definition) is 1. The second-order valence-corrected chi connectivity index (χ2v) is 5.50. The molecule has 0 spiro atoms. The summed E-state index contributed by atoms with van der Waals surface area (Å²) in [5.41, 5.74) is 6.32. The van der Waals surface area contributed by atoms with Crippen LogP contribution in [-0.2, 0) is 4.74 Å². The number of esters is 1. The summed E-state index contributed by atoms with van der Waals surface area (Å²) < 4.78 is 11.5. The first kappa shape index (κ1) is 15.7. The molecular weight excluding hydrogens is 358 g/mol. The largest absolute Gasteiger partial charge is 0.490 e. The van der Waals surface area contributed by atoms with Crippen LogP contribution in [0.25, 0.3) is 0 Å². The molecule has 2 rings (SSSR count). The van der Waals surface area contributed by atoms with E-state index in [4.69, 9.17) is 26.8 Å². The number of anilines is 1. The normalized spacial score (nSPS) is 10.2. The van der Waals surface area contributed by atoms with Gasteiger partial charge in [-0.2, -0.15) is 0 Å². The zero-order valence-corrected chi connectivity index (χ0v) is 13.4. The van der Waals surface area contributed by atoms with Crippen LogP contribution in [0.5, 0.6) is 5.75 Å². The van der Waals surface area contributed by atoms with Crippen molar-refractivity contribution in [3.63, 3.8) is 0 Å². The van der Waals surface area contributed by atoms with Gasteiger partial charge in [0, 0.05) is 10.2 Å². The van der Waals surface area contributed by atoms with Crippen molar-refractivity contribution in [2.24, 2.45) is 0 Å². The average molecular weight is 371 g/mol. The zero-order chi connectivity index (χ0) is 15.2. The minimum Gasteiger partial charge on any atom is -0.490 e. The van der Waals surface area contributed by atoms with Crippen molar-refractivity contribution in [3.05, 3.63) is 57.5 Å². The molecule has 0 radical (unpaired) electrons. The average Bonchev–Trinajstić information content (AvgIpc) is 2.47. The molecule has 21 heavy (non-hydrogen) atoms. The topological polar surface area (TPSA) is 61.6 Å². The number of ether oxygens (including phenoxy) is 2. The molecule has 6 heteroatoms. The van der Waals surface area contributed by atoms with Gasteiger partial charge < -0.3 is 15.2 Å². The van der Waals surface area contributed by atoms with Crippen LogP contribution in [0.15, 0.2) is 46.9 Å². The highest BCUT2D eigenvalue weighted by Gasteiger charge is 2.12. The first-order chi connectivity index (χ1) is 10.1. The molecule has 110 valence electrons. The molecule has 0 atom stereocenters. The second-order valence-electron chi connectivity index (χ2n) is 4.18. The minimum atomic E-state index is -0.522. The lowest BCUT2D eigenvalue weighted by atomic mass is 10.2. The molecule has 0 amide bonds. The first-order valence-corrected chi connectivity index (χ1v) is 7.34. The standard InChI is InChI=1S/C15H13BrClNO3/c16-10-1-4-12(5-2-10)20-7-8-21-15(19)13-9-11(18)3-6-14(13)17/h1-6,9H,7-8,18H2. The number of halogens is 2. The highest BCUT2D eigenvalue weighted by molar-refractivity contribution is 9.10. The van der Waals surface area contributed by atoms with Crippen LogP contribution in [0.2, 0.25) is 5.02 Å². The maximum atomic E-state index is 11.8. The molecule has 0 aliphatic carbocycles. The molecule has 0 aromatic heterocycles. The van der Waals surface area contributed by atoms with Crippen molar-refractivity contribution in [2.45, 2.75) is 0 Å². The van der Waals surface area contributed by atoms with E-state index < -0.39 is 5.97 Å². The number of carbonyl (C=O) groups is 1. The van der Waals surface area contributed by atoms with E-state index in [1.165, 1.54) is 6.07 Å². The summed E-state index contributed by atoms with van der Waals surface area (Å²) in [4.78, 5) is 11.8. The van der Waals surface area contributed by atoms with Crippen LogP contribution in [0.1, 0.15) is 10.4 Å². The summed E-state index contributed by atoms with van der Waals surface area (Å²) >= 11 is 9.26. The van der Waals surface area contributed by atoms with E-state index in [1.807, 2.05) is 24.3 Å². The first-order valence-electron chi connectivity index (χ1n) is 6.17. The van der Waals surface area contributed by atoms with Crippen LogP contribution < -0.4 is 10.5 Å². The molecular formula is C15H13BrClNO3. The van der Waals surface area contributed by atoms with Crippen LogP contribution in [0, 0.1) is 0 Å². The van der Waals surface area contributed by atoms with Gasteiger partial charge >= 0.3 is 5.97 Å². The van der Waals surface area contributed by atoms with E-state index in [0.29, 0.717) is 16.5 Å². The Hall–Kier alpha value is -1.72. The van der Waals surface area contributed by atoms with Crippen LogP contribution in [-0.4, -0.2) is 19.2 Å². The van der Waals surface area contributed by atoms with Crippen LogP contribution in [0.4, 0.5) is 5.69 Å². The number of nitrogens with two attached hydrogens (primary N) is 1. The molecule has 2 aromatic carbocycles. The fourth-order valence-corrected chi connectivity index (χ4v) is 2.06. The van der Waals surface area contributed by atoms with E-state index in [9.17, 15) is 4.79 Å². The second kappa shape index (κ2) is 7.33. The molecule has 4 nitrogen and oxygen atoms in total. The van der Waals surface area contributed by atoms with Crippen LogP contribution >= 0.6 is 27.5 Å². The van der Waals surface area contributed by atoms with Crippen LogP contribution in [0.3, 0.4) is 0 Å². The number of carbonyl (C=O) groups excluding carboxylic acids is 1. The highest BCUT2D eigenvalue weighted by atomic mass is 79.9. The lowest BCUT2D eigenvalue weighted by Crippen LogP contribution is -2.13. The molecule has 0 bridgehead atoms. The fraction of sp³-hybridized carbons (Fsp3) is 0.133. The van der Waals surface area contributed by atoms with Gasteiger partial charge in [-0.05, 0) is 42.5 Å². The Morgan fingerprint density at radius 3 is 2.57 bits per heavy atom. The third-order valence-electron chi connectivity index (χ3n) is 2.61. The molecule has 0 unspecified atom stereocenters. The Kier molecular flexibility index (Phi) is 5.47. The third kappa shape index (κ3) is 4.65. The zero-order valence-electron chi connectivity index (χ0n) is 11.0. The van der Waals surface area contributed by atoms with Gasteiger partial charge in [0.25, 0.3) is 0 Å². The molecule has 0 saturated carbocycles. The quantitative estimate of drug-likeness (QED) is 0.492. The van der Waals surface area contributed by atoms with Crippen molar-refractivity contribution < 1.29 is 14.3 Å². The summed E-state index contributed by atoms with van der Waals surface area (Å²) in [5.74, 6) is 0.183. The van der Waals surface area contributed by atoms with Gasteiger partial charge in [0.2, 0.25) is 0 Å². The van der Waals surface area contributed by atoms with E-state index in [2.05, 4.69) is 15.9 Å². The lowest BCUT2D eigenvalue weighted by molar-refractivity contribution is 0.0450. The number of benzene rings is 2. The Morgan fingerprint density at radius 2 is 1.86 bits per heavy atom. The Morgan fingerprint density at radius 1 is 1.14 bits per heavy atom. The van der Waals surface area contributed by atoms with Gasteiger partial charge in [0.15, 0.2) is 0 Å². The lowest BCUT2D eigenvalue weighted by Gasteiger charge is -2.08. The van der Waals surface area contributed by atoms with Gasteiger partial charge in [-0.1, -0.05) is 27.5 Å². The predicted molar refractivity (Wildman–Crippen MR) is 85.8 cm³/mol. The van der Waals surface area contributed by atoms with Gasteiger partial charge in [0.05, 0.1) is 10.6 Å². The van der Waals surface area contributed by atoms with Crippen molar-refractivity contribution in [1.82, 2.24) is 0 Å². The van der Waals surface area contributed by atoms with Crippen molar-refractivity contribution in [2.75, 3.05) is 18.9 Å². The Labute approximate surface area is 135 Å². The van der Waals surface area contributed by atoms with Gasteiger partial charge in [-0.3, -0.25) is 0 Å². The smallest absolute Gasteiger partial charge is 0.339 e. The molecule has 0 fully saturated rings. The molecule has 2 aromatic rings. The number of hydrogen-bond acceptors (Lipinski definition) is 4. The van der Waals surface area contributed by atoms with Gasteiger partial charge in [0.1, 0.15) is 19.0 Å². The van der Waals surface area contributed by atoms with Crippen molar-refractivity contribution in [1.29, 1.82) is 0 Å². The SMILES string of the molecule is Nc1ccc(Cl)c(C(=O)OCCOc2ccc(Br)cc2)c1. The molecule has 0 heterocycles. The summed E-state index contributed by atoms with van der Waals surface area (Å²) in [5, 5.41) is 0.308. The number of rotatable bonds is 5. The van der Waals surface area contributed by atoms with Crippen molar-refractivity contribution in [3.8, 4) is 5.75 Å². The summed E-state index contributed by atoms with van der Waals surface area (Å²) in [7, 11) is 0. The molecule has 0 aliphatic rings. The molecule has 0 saturated heterocycles. The number of nitrogen functional groups attached to an aromatic ring is 1. The Balaban J connectivity index is 1.81. The highest BCUT2D eigenvalue weighted by Crippen LogP contribution is 2.20. The van der Waals surface area contributed by atoms with E-state index in [-0.39, 0.29) is 18.8 Å². The minimum absolute atomic E-state index is 0.125. The molecule has 2 N–H and O–H groups in total. The van der Waals surface area contributed by atoms with E-state index >= 15 is 0 Å².